The maximum Gasteiger partial charge on any atom is 0.113 e. The minimum atomic E-state index is -0.429. The molecular weight excluding hydrogens is 415 g/mol. The first-order chi connectivity index (χ1) is 16.2. The lowest BCUT2D eigenvalue weighted by molar-refractivity contribution is -0.104. The van der Waals surface area contributed by atoms with Gasteiger partial charge in [-0.15, -0.1) is 0 Å². The van der Waals surface area contributed by atoms with Gasteiger partial charge in [0.1, 0.15) is 6.67 Å². The normalized spacial score (nSPS) is 28.6. The van der Waals surface area contributed by atoms with Crippen LogP contribution >= 0.6 is 0 Å². The van der Waals surface area contributed by atoms with Crippen molar-refractivity contribution in [1.29, 1.82) is 0 Å². The Morgan fingerprint density at radius 2 is 1.85 bits per heavy atom. The molecule has 1 aromatic carbocycles. The van der Waals surface area contributed by atoms with E-state index in [1.165, 1.54) is 42.5 Å². The van der Waals surface area contributed by atoms with Crippen molar-refractivity contribution >= 4 is 0 Å². The predicted molar refractivity (Wildman–Crippen MR) is 128 cm³/mol. The molecule has 0 radical (unpaired) electrons. The summed E-state index contributed by atoms with van der Waals surface area (Å²) in [5, 5.41) is 3.88. The van der Waals surface area contributed by atoms with Crippen LogP contribution in [0.5, 0.6) is 0 Å². The molecule has 1 spiro atoms. The van der Waals surface area contributed by atoms with Crippen molar-refractivity contribution in [2.45, 2.75) is 80.9 Å². The number of fused-ring (bicyclic) bond motifs is 1. The Morgan fingerprint density at radius 1 is 1.03 bits per heavy atom. The van der Waals surface area contributed by atoms with E-state index < -0.39 is 6.67 Å². The molecule has 4 nitrogen and oxygen atoms in total. The number of rotatable bonds is 8. The van der Waals surface area contributed by atoms with Crippen molar-refractivity contribution in [3.8, 4) is 0 Å². The van der Waals surface area contributed by atoms with Crippen LogP contribution in [0.25, 0.3) is 0 Å². The van der Waals surface area contributed by atoms with E-state index in [4.69, 9.17) is 14.5 Å². The number of hydrogen-bond acceptors (Lipinski definition) is 4. The third kappa shape index (κ3) is 4.87. The second kappa shape index (κ2) is 10.2. The van der Waals surface area contributed by atoms with Crippen LogP contribution in [-0.4, -0.2) is 37.0 Å². The molecule has 3 atom stereocenters. The van der Waals surface area contributed by atoms with Crippen molar-refractivity contribution in [1.82, 2.24) is 10.3 Å². The zero-order valence-electron chi connectivity index (χ0n) is 19.6. The summed E-state index contributed by atoms with van der Waals surface area (Å²) in [7, 11) is 0. The summed E-state index contributed by atoms with van der Waals surface area (Å²) in [6.45, 7) is 1.52. The van der Waals surface area contributed by atoms with E-state index in [1.807, 2.05) is 12.3 Å². The van der Waals surface area contributed by atoms with E-state index in [9.17, 15) is 4.39 Å². The van der Waals surface area contributed by atoms with Crippen molar-refractivity contribution in [3.63, 3.8) is 0 Å². The molecule has 1 N–H and O–H groups in total. The molecule has 1 saturated heterocycles. The van der Waals surface area contributed by atoms with Gasteiger partial charge < -0.3 is 14.8 Å². The number of halogens is 1. The highest BCUT2D eigenvalue weighted by Gasteiger charge is 2.48. The summed E-state index contributed by atoms with van der Waals surface area (Å²) in [5.41, 5.74) is 3.86. The lowest BCUT2D eigenvalue weighted by atomic mass is 9.68. The van der Waals surface area contributed by atoms with Crippen molar-refractivity contribution in [2.75, 3.05) is 26.4 Å². The highest BCUT2D eigenvalue weighted by Crippen LogP contribution is 2.49. The Labute approximate surface area is 197 Å². The van der Waals surface area contributed by atoms with Crippen molar-refractivity contribution < 1.29 is 13.9 Å². The zero-order valence-corrected chi connectivity index (χ0v) is 19.6. The highest BCUT2D eigenvalue weighted by atomic mass is 19.1. The topological polar surface area (TPSA) is 43.4 Å². The Balaban J connectivity index is 1.30. The molecule has 2 heterocycles. The summed E-state index contributed by atoms with van der Waals surface area (Å²) >= 11 is 0. The largest absolute Gasteiger partial charge is 0.375 e. The van der Waals surface area contributed by atoms with Gasteiger partial charge in [-0.05, 0) is 74.8 Å². The fraction of sp³-hybridized carbons (Fsp3) is 0.607. The molecule has 0 bridgehead atoms. The van der Waals surface area contributed by atoms with E-state index in [2.05, 4.69) is 41.7 Å². The monoisotopic (exact) mass is 452 g/mol. The summed E-state index contributed by atoms with van der Waals surface area (Å²) < 4.78 is 24.9. The second-order valence-electron chi connectivity index (χ2n) is 10.2. The van der Waals surface area contributed by atoms with Gasteiger partial charge >= 0.3 is 0 Å². The molecule has 178 valence electrons. The second-order valence-corrected chi connectivity index (χ2v) is 10.2. The van der Waals surface area contributed by atoms with E-state index in [0.717, 1.165) is 45.3 Å². The molecule has 2 fully saturated rings. The van der Waals surface area contributed by atoms with Crippen LogP contribution in [0.1, 0.15) is 86.8 Å². The SMILES string of the molecule is FCCOC1CC[C@H](NCC[C@@]2(c3ccccn3)CCOC3(CCCC3)C2)c2ccccc21. The van der Waals surface area contributed by atoms with Crippen LogP contribution in [0.3, 0.4) is 0 Å². The quantitative estimate of drug-likeness (QED) is 0.535. The summed E-state index contributed by atoms with van der Waals surface area (Å²) in [5.74, 6) is 0. The zero-order chi connectivity index (χ0) is 22.6. The van der Waals surface area contributed by atoms with E-state index in [0.29, 0.717) is 6.04 Å². The number of nitrogens with one attached hydrogen (secondary N) is 1. The van der Waals surface area contributed by atoms with Gasteiger partial charge in [-0.3, -0.25) is 4.98 Å². The van der Waals surface area contributed by atoms with Crippen molar-refractivity contribution in [2.24, 2.45) is 0 Å². The molecule has 0 amide bonds. The lowest BCUT2D eigenvalue weighted by Gasteiger charge is -2.46. The van der Waals surface area contributed by atoms with Gasteiger partial charge in [0.05, 0.1) is 18.3 Å². The third-order valence-corrected chi connectivity index (χ3v) is 8.20. The Hall–Kier alpha value is -1.82. The maximum atomic E-state index is 12.7. The maximum absolute atomic E-state index is 12.7. The van der Waals surface area contributed by atoms with Crippen molar-refractivity contribution in [3.05, 3.63) is 65.5 Å². The highest BCUT2D eigenvalue weighted by molar-refractivity contribution is 5.34. The lowest BCUT2D eigenvalue weighted by Crippen LogP contribution is -2.47. The first-order valence-corrected chi connectivity index (χ1v) is 12.8. The number of aromatic nitrogens is 1. The number of ether oxygens (including phenoxy) is 2. The van der Waals surface area contributed by atoms with E-state index >= 15 is 0 Å². The number of alkyl halides is 1. The van der Waals surface area contributed by atoms with Crippen LogP contribution in [0.4, 0.5) is 4.39 Å². The van der Waals surface area contributed by atoms with Crippen LogP contribution in [-0.2, 0) is 14.9 Å². The van der Waals surface area contributed by atoms with Gasteiger partial charge in [-0.2, -0.15) is 0 Å². The molecular formula is C28H37FN2O2. The summed E-state index contributed by atoms with van der Waals surface area (Å²) in [4.78, 5) is 4.84. The minimum absolute atomic E-state index is 0.00702. The average Bonchev–Trinajstić information content (AvgIpc) is 3.31. The van der Waals surface area contributed by atoms with Gasteiger partial charge in [0, 0.05) is 30.0 Å². The molecule has 5 heteroatoms. The van der Waals surface area contributed by atoms with Gasteiger partial charge in [-0.1, -0.05) is 43.2 Å². The summed E-state index contributed by atoms with van der Waals surface area (Å²) in [6, 6.07) is 15.2. The predicted octanol–water partition coefficient (Wildman–Crippen LogP) is 5.98. The van der Waals surface area contributed by atoms with Crippen LogP contribution < -0.4 is 5.32 Å². The van der Waals surface area contributed by atoms with E-state index in [-0.39, 0.29) is 23.7 Å². The molecule has 1 aliphatic heterocycles. The molecule has 5 rings (SSSR count). The minimum Gasteiger partial charge on any atom is -0.375 e. The van der Waals surface area contributed by atoms with Gasteiger partial charge in [0.15, 0.2) is 0 Å². The van der Waals surface area contributed by atoms with Gasteiger partial charge in [0.2, 0.25) is 0 Å². The smallest absolute Gasteiger partial charge is 0.113 e. The molecule has 1 aromatic heterocycles. The average molecular weight is 453 g/mol. The number of benzene rings is 1. The molecule has 1 saturated carbocycles. The molecule has 3 aliphatic rings. The number of hydrogen-bond donors (Lipinski definition) is 1. The molecule has 2 aromatic rings. The summed E-state index contributed by atoms with van der Waals surface area (Å²) in [6.07, 6.45) is 12.0. The Kier molecular flexibility index (Phi) is 7.10. The Bertz CT molecular complexity index is 902. The van der Waals surface area contributed by atoms with Gasteiger partial charge in [-0.25, -0.2) is 4.39 Å². The van der Waals surface area contributed by atoms with Crippen LogP contribution in [0, 0.1) is 0 Å². The third-order valence-electron chi connectivity index (χ3n) is 8.20. The number of pyridine rings is 1. The van der Waals surface area contributed by atoms with Crippen LogP contribution in [0.15, 0.2) is 48.7 Å². The first kappa shape index (κ1) is 22.9. The molecule has 1 unspecified atom stereocenters. The van der Waals surface area contributed by atoms with Gasteiger partial charge in [0.25, 0.3) is 0 Å². The Morgan fingerprint density at radius 3 is 2.64 bits per heavy atom. The molecule has 33 heavy (non-hydrogen) atoms. The standard InChI is InChI=1S/C28H37FN2O2/c29-16-20-32-25-11-10-24(22-7-1-2-8-23(22)25)30-18-14-27(26-9-3-6-17-31-26)15-19-33-28(21-27)12-4-5-13-28/h1-3,6-9,17,24-25,30H,4-5,10-16,18-21H2/t24-,25?,27+/m0/s1. The number of nitrogens with zero attached hydrogens (tertiary/aromatic N) is 1. The first-order valence-electron chi connectivity index (χ1n) is 12.8. The van der Waals surface area contributed by atoms with Crippen LogP contribution in [0.2, 0.25) is 0 Å². The van der Waals surface area contributed by atoms with E-state index in [1.54, 1.807) is 0 Å². The fourth-order valence-electron chi connectivity index (χ4n) is 6.60. The molecule has 2 aliphatic carbocycles. The fourth-order valence-corrected chi connectivity index (χ4v) is 6.60.